The molecule has 1 aromatic heterocycles. The van der Waals surface area contributed by atoms with Crippen molar-refractivity contribution in [3.8, 4) is 10.6 Å². The molecule has 0 spiro atoms. The summed E-state index contributed by atoms with van der Waals surface area (Å²) in [5.41, 5.74) is 2.38. The summed E-state index contributed by atoms with van der Waals surface area (Å²) in [5, 5.41) is 14.7. The number of rotatable bonds is 4. The molecule has 3 nitrogen and oxygen atoms in total. The predicted molar refractivity (Wildman–Crippen MR) is 86.6 cm³/mol. The molecule has 20 heavy (non-hydrogen) atoms. The molecule has 0 saturated heterocycles. The maximum absolute atomic E-state index is 6.05. The highest BCUT2D eigenvalue weighted by Gasteiger charge is 2.11. The molecule has 0 unspecified atom stereocenters. The minimum atomic E-state index is 0.136. The van der Waals surface area contributed by atoms with Gasteiger partial charge in [0.2, 0.25) is 0 Å². The van der Waals surface area contributed by atoms with Crippen molar-refractivity contribution in [2.75, 3.05) is 6.54 Å². The number of halogens is 1. The Bertz CT molecular complexity index is 587. The molecule has 0 aliphatic rings. The van der Waals surface area contributed by atoms with Crippen molar-refractivity contribution < 1.29 is 0 Å². The number of aromatic nitrogens is 2. The van der Waals surface area contributed by atoms with Gasteiger partial charge in [0.05, 0.1) is 0 Å². The van der Waals surface area contributed by atoms with Gasteiger partial charge in [0.25, 0.3) is 0 Å². The number of nitrogens with zero attached hydrogens (tertiary/aromatic N) is 2. The van der Waals surface area contributed by atoms with Gasteiger partial charge in [-0.05, 0) is 45.4 Å². The van der Waals surface area contributed by atoms with E-state index < -0.39 is 0 Å². The van der Waals surface area contributed by atoms with E-state index in [1.165, 1.54) is 5.56 Å². The molecule has 0 aliphatic carbocycles. The molecule has 1 N–H and O–H groups in total. The summed E-state index contributed by atoms with van der Waals surface area (Å²) in [6.45, 7) is 9.45. The van der Waals surface area contributed by atoms with Crippen molar-refractivity contribution in [1.29, 1.82) is 0 Å². The number of aryl methyl sites for hydroxylation is 1. The van der Waals surface area contributed by atoms with E-state index in [1.54, 1.807) is 11.3 Å². The molecule has 0 atom stereocenters. The van der Waals surface area contributed by atoms with Crippen molar-refractivity contribution in [1.82, 2.24) is 15.5 Å². The number of nitrogens with one attached hydrogen (secondary N) is 1. The molecule has 0 aliphatic heterocycles. The van der Waals surface area contributed by atoms with Crippen LogP contribution in [-0.4, -0.2) is 22.3 Å². The summed E-state index contributed by atoms with van der Waals surface area (Å²) in [6.07, 6.45) is 0.897. The predicted octanol–water partition coefficient (Wildman–Crippen LogP) is 4.10. The summed E-state index contributed by atoms with van der Waals surface area (Å²) in [4.78, 5) is 0. The Hall–Kier alpha value is -0.970. The van der Waals surface area contributed by atoms with Gasteiger partial charge in [0, 0.05) is 29.1 Å². The van der Waals surface area contributed by atoms with E-state index in [9.17, 15) is 0 Å². The highest BCUT2D eigenvalue weighted by atomic mass is 35.5. The van der Waals surface area contributed by atoms with E-state index in [0.717, 1.165) is 33.6 Å². The third-order valence-electron chi connectivity index (χ3n) is 2.89. The smallest absolute Gasteiger partial charge is 0.148 e. The molecule has 2 rings (SSSR count). The normalized spacial score (nSPS) is 11.8. The summed E-state index contributed by atoms with van der Waals surface area (Å²) in [5.74, 6) is 0. The van der Waals surface area contributed by atoms with E-state index in [0.29, 0.717) is 0 Å². The summed E-state index contributed by atoms with van der Waals surface area (Å²) in [6, 6.07) is 5.87. The summed E-state index contributed by atoms with van der Waals surface area (Å²) < 4.78 is 0. The molecule has 1 aromatic carbocycles. The van der Waals surface area contributed by atoms with Crippen molar-refractivity contribution in [2.45, 2.75) is 39.7 Å². The summed E-state index contributed by atoms with van der Waals surface area (Å²) in [7, 11) is 0. The van der Waals surface area contributed by atoms with E-state index in [4.69, 9.17) is 11.6 Å². The molecule has 0 amide bonds. The third kappa shape index (κ3) is 4.27. The maximum Gasteiger partial charge on any atom is 0.148 e. The van der Waals surface area contributed by atoms with Gasteiger partial charge < -0.3 is 5.32 Å². The average Bonchev–Trinajstić information content (AvgIpc) is 2.79. The summed E-state index contributed by atoms with van der Waals surface area (Å²) >= 11 is 7.69. The first kappa shape index (κ1) is 15.4. The average molecular weight is 310 g/mol. The zero-order valence-electron chi connectivity index (χ0n) is 12.3. The lowest BCUT2D eigenvalue weighted by molar-refractivity contribution is 0.429. The molecule has 0 radical (unpaired) electrons. The van der Waals surface area contributed by atoms with Crippen LogP contribution in [0.1, 0.15) is 31.3 Å². The monoisotopic (exact) mass is 309 g/mol. The zero-order chi connectivity index (χ0) is 14.8. The van der Waals surface area contributed by atoms with Crippen LogP contribution in [0.5, 0.6) is 0 Å². The standard InChI is InChI=1S/C15H20ClN3S/c1-10-5-6-11(16)9-12(10)14-19-18-13(20-14)7-8-17-15(2,3)4/h5-6,9,17H,7-8H2,1-4H3. The number of hydrogen-bond acceptors (Lipinski definition) is 4. The molecule has 0 bridgehead atoms. The fourth-order valence-electron chi connectivity index (χ4n) is 1.83. The molecule has 5 heteroatoms. The van der Waals surface area contributed by atoms with Gasteiger partial charge in [0.15, 0.2) is 0 Å². The van der Waals surface area contributed by atoms with Crippen molar-refractivity contribution in [3.05, 3.63) is 33.8 Å². The minimum absolute atomic E-state index is 0.136. The van der Waals surface area contributed by atoms with E-state index in [2.05, 4.69) is 43.2 Å². The highest BCUT2D eigenvalue weighted by Crippen LogP contribution is 2.29. The molecule has 2 aromatic rings. The quantitative estimate of drug-likeness (QED) is 0.924. The second kappa shape index (κ2) is 6.20. The van der Waals surface area contributed by atoms with Crippen molar-refractivity contribution in [3.63, 3.8) is 0 Å². The Morgan fingerprint density at radius 1 is 1.25 bits per heavy atom. The van der Waals surface area contributed by atoms with Crippen LogP contribution in [0.25, 0.3) is 10.6 Å². The van der Waals surface area contributed by atoms with Crippen LogP contribution in [-0.2, 0) is 6.42 Å². The van der Waals surface area contributed by atoms with Gasteiger partial charge in [-0.3, -0.25) is 0 Å². The van der Waals surface area contributed by atoms with Gasteiger partial charge >= 0.3 is 0 Å². The van der Waals surface area contributed by atoms with Crippen LogP contribution in [0.3, 0.4) is 0 Å². The third-order valence-corrected chi connectivity index (χ3v) is 4.14. The number of hydrogen-bond donors (Lipinski definition) is 1. The van der Waals surface area contributed by atoms with Crippen molar-refractivity contribution >= 4 is 22.9 Å². The number of benzene rings is 1. The molecule has 0 saturated carbocycles. The van der Waals surface area contributed by atoms with E-state index in [1.807, 2.05) is 18.2 Å². The fourth-order valence-corrected chi connectivity index (χ4v) is 2.93. The lowest BCUT2D eigenvalue weighted by Gasteiger charge is -2.19. The maximum atomic E-state index is 6.05. The van der Waals surface area contributed by atoms with Crippen LogP contribution >= 0.6 is 22.9 Å². The van der Waals surface area contributed by atoms with Crippen molar-refractivity contribution in [2.24, 2.45) is 0 Å². The zero-order valence-corrected chi connectivity index (χ0v) is 13.9. The Balaban J connectivity index is 2.07. The first-order chi connectivity index (χ1) is 9.35. The Kier molecular flexibility index (Phi) is 4.78. The Morgan fingerprint density at radius 2 is 2.00 bits per heavy atom. The van der Waals surface area contributed by atoms with E-state index in [-0.39, 0.29) is 5.54 Å². The van der Waals surface area contributed by atoms with Crippen LogP contribution in [0.4, 0.5) is 0 Å². The lowest BCUT2D eigenvalue weighted by Crippen LogP contribution is -2.37. The lowest BCUT2D eigenvalue weighted by atomic mass is 10.1. The van der Waals surface area contributed by atoms with Crippen LogP contribution < -0.4 is 5.32 Å². The van der Waals surface area contributed by atoms with Crippen LogP contribution in [0, 0.1) is 6.92 Å². The SMILES string of the molecule is Cc1ccc(Cl)cc1-c1nnc(CCNC(C)(C)C)s1. The van der Waals surface area contributed by atoms with Gasteiger partial charge in [0.1, 0.15) is 10.0 Å². The largest absolute Gasteiger partial charge is 0.312 e. The van der Waals surface area contributed by atoms with Gasteiger partial charge in [-0.25, -0.2) is 0 Å². The minimum Gasteiger partial charge on any atom is -0.312 e. The highest BCUT2D eigenvalue weighted by molar-refractivity contribution is 7.14. The first-order valence-corrected chi connectivity index (χ1v) is 7.88. The van der Waals surface area contributed by atoms with Crippen LogP contribution in [0.2, 0.25) is 5.02 Å². The molecular weight excluding hydrogens is 290 g/mol. The molecule has 1 heterocycles. The second-order valence-corrected chi connectivity index (χ2v) is 7.39. The molecular formula is C15H20ClN3S. The Labute approximate surface area is 129 Å². The Morgan fingerprint density at radius 3 is 2.70 bits per heavy atom. The van der Waals surface area contributed by atoms with Gasteiger partial charge in [-0.15, -0.1) is 10.2 Å². The van der Waals surface area contributed by atoms with Gasteiger partial charge in [-0.1, -0.05) is 29.0 Å². The topological polar surface area (TPSA) is 37.8 Å². The van der Waals surface area contributed by atoms with Crippen LogP contribution in [0.15, 0.2) is 18.2 Å². The molecule has 0 fully saturated rings. The first-order valence-electron chi connectivity index (χ1n) is 6.69. The van der Waals surface area contributed by atoms with Gasteiger partial charge in [-0.2, -0.15) is 0 Å². The fraction of sp³-hybridized carbons (Fsp3) is 0.467. The molecule has 108 valence electrons. The van der Waals surface area contributed by atoms with E-state index >= 15 is 0 Å². The second-order valence-electron chi connectivity index (χ2n) is 5.89.